The maximum Gasteiger partial charge on any atom is 0.341 e. The van der Waals surface area contributed by atoms with Crippen molar-refractivity contribution < 1.29 is 19.1 Å². The molecule has 1 amide bonds. The van der Waals surface area contributed by atoms with Gasteiger partial charge in [-0.1, -0.05) is 23.7 Å². The van der Waals surface area contributed by atoms with Crippen LogP contribution in [0.25, 0.3) is 0 Å². The number of hydrogen-bond donors (Lipinski definition) is 1. The van der Waals surface area contributed by atoms with Crippen LogP contribution in [0.3, 0.4) is 0 Å². The van der Waals surface area contributed by atoms with E-state index < -0.39 is 18.5 Å². The van der Waals surface area contributed by atoms with E-state index >= 15 is 0 Å². The van der Waals surface area contributed by atoms with Crippen LogP contribution in [0, 0.1) is 0 Å². The number of anilines is 1. The van der Waals surface area contributed by atoms with Gasteiger partial charge >= 0.3 is 5.97 Å². The Hall–Kier alpha value is -2.73. The molecule has 0 aliphatic heterocycles. The van der Waals surface area contributed by atoms with Gasteiger partial charge in [-0.25, -0.2) is 9.78 Å². The number of Topliss-reactive ketones (excluding diaryl/α,β-unsaturated/α-hetero) is 1. The summed E-state index contributed by atoms with van der Waals surface area (Å²) in [5.74, 6) is -1.38. The molecule has 0 saturated carbocycles. The predicted molar refractivity (Wildman–Crippen MR) is 84.6 cm³/mol. The zero-order chi connectivity index (χ0) is 16.8. The molecule has 1 aromatic carbocycles. The molecule has 0 radical (unpaired) electrons. The van der Waals surface area contributed by atoms with E-state index in [4.69, 9.17) is 16.3 Å². The van der Waals surface area contributed by atoms with E-state index in [1.807, 2.05) is 0 Å². The smallest absolute Gasteiger partial charge is 0.341 e. The molecule has 0 fully saturated rings. The highest BCUT2D eigenvalue weighted by Crippen LogP contribution is 2.13. The van der Waals surface area contributed by atoms with Crippen LogP contribution in [0.4, 0.5) is 5.69 Å². The molecule has 2 aromatic rings. The van der Waals surface area contributed by atoms with Gasteiger partial charge in [-0.2, -0.15) is 0 Å². The molecule has 0 spiro atoms. The fourth-order valence-electron chi connectivity index (χ4n) is 1.76. The van der Waals surface area contributed by atoms with Gasteiger partial charge in [0.1, 0.15) is 5.15 Å². The Kier molecular flexibility index (Phi) is 5.43. The molecule has 0 aliphatic rings. The summed E-state index contributed by atoms with van der Waals surface area (Å²) in [4.78, 5) is 38.6. The van der Waals surface area contributed by atoms with Gasteiger partial charge in [0.2, 0.25) is 0 Å². The lowest BCUT2D eigenvalue weighted by atomic mass is 10.1. The summed E-state index contributed by atoms with van der Waals surface area (Å²) >= 11 is 5.77. The lowest BCUT2D eigenvalue weighted by molar-refractivity contribution is -0.119. The Balaban J connectivity index is 1.93. The Morgan fingerprint density at radius 3 is 2.70 bits per heavy atom. The summed E-state index contributed by atoms with van der Waals surface area (Å²) in [7, 11) is 0. The Labute approximate surface area is 137 Å². The van der Waals surface area contributed by atoms with Crippen LogP contribution >= 0.6 is 11.6 Å². The number of amides is 1. The fourth-order valence-corrected chi connectivity index (χ4v) is 1.96. The van der Waals surface area contributed by atoms with Crippen molar-refractivity contribution in [3.05, 3.63) is 58.9 Å². The number of nitrogens with one attached hydrogen (secondary N) is 1. The van der Waals surface area contributed by atoms with E-state index in [-0.39, 0.29) is 16.5 Å². The number of carbonyl (C=O) groups is 3. The minimum absolute atomic E-state index is 0.00654. The van der Waals surface area contributed by atoms with Crippen molar-refractivity contribution >= 4 is 34.9 Å². The molecule has 2 rings (SSSR count). The first-order valence-electron chi connectivity index (χ1n) is 6.66. The molecule has 1 heterocycles. The molecule has 7 heteroatoms. The van der Waals surface area contributed by atoms with E-state index in [1.165, 1.54) is 25.3 Å². The minimum atomic E-state index is -0.740. The highest BCUT2D eigenvalue weighted by atomic mass is 35.5. The van der Waals surface area contributed by atoms with Crippen LogP contribution < -0.4 is 5.32 Å². The van der Waals surface area contributed by atoms with Crippen LogP contribution in [0.2, 0.25) is 5.15 Å². The van der Waals surface area contributed by atoms with Crippen LogP contribution in [0.5, 0.6) is 0 Å². The van der Waals surface area contributed by atoms with Gasteiger partial charge in [0.05, 0.1) is 5.56 Å². The number of ether oxygens (including phenoxy) is 1. The van der Waals surface area contributed by atoms with Gasteiger partial charge in [-0.15, -0.1) is 0 Å². The summed E-state index contributed by atoms with van der Waals surface area (Å²) < 4.78 is 4.88. The van der Waals surface area contributed by atoms with E-state index in [1.54, 1.807) is 24.3 Å². The maximum atomic E-state index is 11.8. The topological polar surface area (TPSA) is 85.4 Å². The lowest BCUT2D eigenvalue weighted by Gasteiger charge is -2.08. The molecule has 0 atom stereocenters. The number of ketones is 1. The molecule has 0 saturated heterocycles. The zero-order valence-electron chi connectivity index (χ0n) is 12.2. The van der Waals surface area contributed by atoms with Crippen molar-refractivity contribution in [1.29, 1.82) is 0 Å². The van der Waals surface area contributed by atoms with Crippen molar-refractivity contribution in [3.8, 4) is 0 Å². The zero-order valence-corrected chi connectivity index (χ0v) is 13.0. The first-order chi connectivity index (χ1) is 11.0. The summed E-state index contributed by atoms with van der Waals surface area (Å²) in [6.45, 7) is 0.953. The number of rotatable bonds is 5. The third kappa shape index (κ3) is 4.62. The fraction of sp³-hybridized carbons (Fsp3) is 0.125. The van der Waals surface area contributed by atoms with E-state index in [0.29, 0.717) is 11.3 Å². The van der Waals surface area contributed by atoms with E-state index in [0.717, 1.165) is 0 Å². The van der Waals surface area contributed by atoms with Gasteiger partial charge in [-0.3, -0.25) is 9.59 Å². The van der Waals surface area contributed by atoms with E-state index in [9.17, 15) is 14.4 Å². The van der Waals surface area contributed by atoms with Crippen molar-refractivity contribution in [1.82, 2.24) is 4.98 Å². The normalized spacial score (nSPS) is 10.0. The highest BCUT2D eigenvalue weighted by molar-refractivity contribution is 6.32. The largest absolute Gasteiger partial charge is 0.452 e. The number of hydrogen-bond acceptors (Lipinski definition) is 5. The molecular weight excluding hydrogens is 320 g/mol. The number of carbonyl (C=O) groups excluding carboxylic acids is 3. The SMILES string of the molecule is CC(=O)c1cccc(NC(=O)COC(=O)c2cccnc2Cl)c1. The average Bonchev–Trinajstić information content (AvgIpc) is 2.53. The van der Waals surface area contributed by atoms with Gasteiger partial charge in [0.25, 0.3) is 5.91 Å². The molecule has 0 bridgehead atoms. The molecule has 6 nitrogen and oxygen atoms in total. The molecule has 118 valence electrons. The summed E-state index contributed by atoms with van der Waals surface area (Å²) in [6, 6.07) is 9.45. The number of nitrogens with zero attached hydrogens (tertiary/aromatic N) is 1. The third-order valence-corrected chi connectivity index (χ3v) is 3.17. The summed E-state index contributed by atoms with van der Waals surface area (Å²) in [5, 5.41) is 2.55. The number of halogens is 1. The van der Waals surface area contributed by atoms with E-state index in [2.05, 4.69) is 10.3 Å². The van der Waals surface area contributed by atoms with Crippen LogP contribution in [-0.2, 0) is 9.53 Å². The van der Waals surface area contributed by atoms with Crippen molar-refractivity contribution in [2.24, 2.45) is 0 Å². The predicted octanol–water partition coefficient (Wildman–Crippen LogP) is 2.73. The van der Waals surface area contributed by atoms with Crippen molar-refractivity contribution in [2.45, 2.75) is 6.92 Å². The van der Waals surface area contributed by atoms with Gasteiger partial charge in [0, 0.05) is 17.4 Å². The second-order valence-corrected chi connectivity index (χ2v) is 4.96. The first-order valence-corrected chi connectivity index (χ1v) is 7.03. The van der Waals surface area contributed by atoms with Crippen molar-refractivity contribution in [2.75, 3.05) is 11.9 Å². The quantitative estimate of drug-likeness (QED) is 0.517. The molecule has 1 N–H and O–H groups in total. The van der Waals surface area contributed by atoms with Crippen LogP contribution in [0.15, 0.2) is 42.6 Å². The average molecular weight is 333 g/mol. The van der Waals surface area contributed by atoms with Gasteiger partial charge in [-0.05, 0) is 31.2 Å². The number of esters is 1. The number of benzene rings is 1. The second-order valence-electron chi connectivity index (χ2n) is 4.60. The third-order valence-electron chi connectivity index (χ3n) is 2.87. The monoisotopic (exact) mass is 332 g/mol. The molecule has 1 aromatic heterocycles. The Morgan fingerprint density at radius 1 is 1.22 bits per heavy atom. The first kappa shape index (κ1) is 16.6. The lowest BCUT2D eigenvalue weighted by Crippen LogP contribution is -2.21. The molecular formula is C16H13ClN2O4. The number of aromatic nitrogens is 1. The summed E-state index contributed by atoms with van der Waals surface area (Å²) in [5.41, 5.74) is 1.00. The number of pyridine rings is 1. The second kappa shape index (κ2) is 7.51. The van der Waals surface area contributed by atoms with Gasteiger partial charge < -0.3 is 10.1 Å². The Bertz CT molecular complexity index is 761. The highest BCUT2D eigenvalue weighted by Gasteiger charge is 2.14. The standard InChI is InChI=1S/C16H13ClN2O4/c1-10(20)11-4-2-5-12(8-11)19-14(21)9-23-16(22)13-6-3-7-18-15(13)17/h2-8H,9H2,1H3,(H,19,21). The molecule has 23 heavy (non-hydrogen) atoms. The summed E-state index contributed by atoms with van der Waals surface area (Å²) in [6.07, 6.45) is 1.44. The maximum absolute atomic E-state index is 11.8. The van der Waals surface area contributed by atoms with Crippen LogP contribution in [0.1, 0.15) is 27.6 Å². The minimum Gasteiger partial charge on any atom is -0.452 e. The molecule has 0 unspecified atom stereocenters. The van der Waals surface area contributed by atoms with Crippen LogP contribution in [-0.4, -0.2) is 29.3 Å². The Morgan fingerprint density at radius 2 is 2.00 bits per heavy atom. The van der Waals surface area contributed by atoms with Gasteiger partial charge in [0.15, 0.2) is 12.4 Å². The van der Waals surface area contributed by atoms with Crippen molar-refractivity contribution in [3.63, 3.8) is 0 Å². The molecule has 0 aliphatic carbocycles.